The molecule has 10 rings (SSSR count). The average Bonchev–Trinajstić information content (AvgIpc) is 3.83. The summed E-state index contributed by atoms with van der Waals surface area (Å²) in [6.45, 7) is 6.25. The van der Waals surface area contributed by atoms with Crippen molar-refractivity contribution in [3.63, 3.8) is 0 Å². The number of aryl methyl sites for hydroxylation is 1. The Hall–Kier alpha value is -6.58. The molecule has 50 heavy (non-hydrogen) atoms. The molecule has 0 saturated heterocycles. The number of benzene rings is 6. The topological polar surface area (TPSA) is 14.3 Å². The highest BCUT2D eigenvalue weighted by Gasteiger charge is 2.22. The van der Waals surface area contributed by atoms with Gasteiger partial charge in [-0.3, -0.25) is 0 Å². The third kappa shape index (κ3) is 4.04. The second-order valence-corrected chi connectivity index (χ2v) is 13.1. The van der Waals surface area contributed by atoms with Crippen LogP contribution in [0.25, 0.3) is 88.7 Å². The number of hydrogen-bond acceptors (Lipinski definition) is 0. The molecule has 6 aromatic carbocycles. The zero-order chi connectivity index (χ0) is 33.3. The molecule has 0 aliphatic carbocycles. The van der Waals surface area contributed by atoms with E-state index in [1.165, 1.54) is 88.1 Å². The number of pyridine rings is 1. The molecule has 10 aromatic rings. The van der Waals surface area contributed by atoms with Crippen LogP contribution in [0, 0.1) is 6.92 Å². The molecule has 0 aliphatic heterocycles. The Morgan fingerprint density at radius 1 is 0.480 bits per heavy atom. The van der Waals surface area contributed by atoms with Crippen LogP contribution in [-0.4, -0.2) is 13.5 Å². The molecule has 0 amide bonds. The lowest BCUT2D eigenvalue weighted by Crippen LogP contribution is -1.99. The maximum absolute atomic E-state index is 4.00. The molecule has 0 radical (unpaired) electrons. The molecular weight excluding hydrogens is 607 g/mol. The lowest BCUT2D eigenvalue weighted by Gasteiger charge is -2.14. The molecule has 0 unspecified atom stereocenters. The Morgan fingerprint density at radius 2 is 1.06 bits per heavy atom. The standard InChI is InChI=1S/C47H33N3/c1-3-4-19-37-31(2)45-30-34-28-32(33-25-27-44-40(29-33)38-20-11-13-22-42(38)48(44)35-15-7-5-8-16-35)24-26-41(34)50(45)47-39-21-12-14-23-43(39)49(46(37)47)36-17-9-6-10-18-36/h3-30H,1H2,2H3/b19-4-. The minimum absolute atomic E-state index is 1.15. The normalized spacial score (nSPS) is 12.1. The molecule has 0 N–H and O–H groups in total. The molecular formula is C47H33N3. The van der Waals surface area contributed by atoms with Crippen LogP contribution in [0.3, 0.4) is 0 Å². The van der Waals surface area contributed by atoms with E-state index < -0.39 is 0 Å². The minimum atomic E-state index is 1.15. The summed E-state index contributed by atoms with van der Waals surface area (Å²) >= 11 is 0. The molecule has 0 aliphatic rings. The lowest BCUT2D eigenvalue weighted by atomic mass is 10.0. The second kappa shape index (κ2) is 11.0. The molecule has 0 saturated carbocycles. The van der Waals surface area contributed by atoms with Gasteiger partial charge < -0.3 is 13.5 Å². The zero-order valence-corrected chi connectivity index (χ0v) is 27.7. The first kappa shape index (κ1) is 28.4. The average molecular weight is 640 g/mol. The Morgan fingerprint density at radius 3 is 1.78 bits per heavy atom. The van der Waals surface area contributed by atoms with Gasteiger partial charge in [-0.1, -0.05) is 110 Å². The van der Waals surface area contributed by atoms with Gasteiger partial charge in [0.25, 0.3) is 0 Å². The number of allylic oxidation sites excluding steroid dienone is 2. The van der Waals surface area contributed by atoms with Crippen LogP contribution in [0.5, 0.6) is 0 Å². The van der Waals surface area contributed by atoms with E-state index in [1.807, 2.05) is 6.08 Å². The van der Waals surface area contributed by atoms with Gasteiger partial charge >= 0.3 is 0 Å². The fourth-order valence-corrected chi connectivity index (χ4v) is 8.15. The third-order valence-electron chi connectivity index (χ3n) is 10.4. The van der Waals surface area contributed by atoms with Crippen LogP contribution in [0.4, 0.5) is 0 Å². The van der Waals surface area contributed by atoms with Crippen molar-refractivity contribution >= 4 is 66.2 Å². The van der Waals surface area contributed by atoms with Gasteiger partial charge in [-0.2, -0.15) is 0 Å². The SMILES string of the molecule is C=C/C=C\c1c(C)c2cc3cc(-c4ccc5c(c4)c4ccccc4n5-c4ccccc4)ccc3n2c2c3ccccc3n(-c3ccccc3)c12. The highest BCUT2D eigenvalue weighted by Crippen LogP contribution is 2.41. The molecule has 3 heteroatoms. The number of aromatic nitrogens is 3. The summed E-state index contributed by atoms with van der Waals surface area (Å²) in [6.07, 6.45) is 6.13. The maximum atomic E-state index is 4.00. The molecule has 0 fully saturated rings. The van der Waals surface area contributed by atoms with Crippen molar-refractivity contribution in [1.82, 2.24) is 13.5 Å². The van der Waals surface area contributed by atoms with E-state index >= 15 is 0 Å². The van der Waals surface area contributed by atoms with Crippen molar-refractivity contribution in [2.24, 2.45) is 0 Å². The van der Waals surface area contributed by atoms with E-state index in [1.54, 1.807) is 0 Å². The van der Waals surface area contributed by atoms with Gasteiger partial charge in [0.1, 0.15) is 0 Å². The van der Waals surface area contributed by atoms with Crippen LogP contribution >= 0.6 is 0 Å². The molecule has 0 atom stereocenters. The number of nitrogens with zero attached hydrogens (tertiary/aromatic N) is 3. The monoisotopic (exact) mass is 639 g/mol. The van der Waals surface area contributed by atoms with Crippen LogP contribution < -0.4 is 0 Å². The first-order valence-corrected chi connectivity index (χ1v) is 17.2. The summed E-state index contributed by atoms with van der Waals surface area (Å²) in [7, 11) is 0. The van der Waals surface area contributed by atoms with E-state index in [9.17, 15) is 0 Å². The van der Waals surface area contributed by atoms with Crippen LogP contribution in [0.15, 0.2) is 170 Å². The van der Waals surface area contributed by atoms with Gasteiger partial charge in [0.05, 0.1) is 38.6 Å². The van der Waals surface area contributed by atoms with Crippen molar-refractivity contribution < 1.29 is 0 Å². The highest BCUT2D eigenvalue weighted by molar-refractivity contribution is 6.14. The van der Waals surface area contributed by atoms with Crippen LogP contribution in [0.1, 0.15) is 11.1 Å². The molecule has 0 bridgehead atoms. The summed E-state index contributed by atoms with van der Waals surface area (Å²) in [4.78, 5) is 0. The summed E-state index contributed by atoms with van der Waals surface area (Å²) in [5, 5.41) is 4.97. The van der Waals surface area contributed by atoms with E-state index in [4.69, 9.17) is 0 Å². The summed E-state index contributed by atoms with van der Waals surface area (Å²) in [6, 6.07) is 55.1. The Bertz CT molecular complexity index is 2990. The number of hydrogen-bond donors (Lipinski definition) is 0. The lowest BCUT2D eigenvalue weighted by molar-refractivity contribution is 1.16. The van der Waals surface area contributed by atoms with E-state index in [-0.39, 0.29) is 0 Å². The fraction of sp³-hybridized carbons (Fsp3) is 0.0213. The van der Waals surface area contributed by atoms with E-state index in [2.05, 4.69) is 191 Å². The smallest absolute Gasteiger partial charge is 0.0803 e. The minimum Gasteiger partial charge on any atom is -0.309 e. The van der Waals surface area contributed by atoms with Crippen LogP contribution in [0.2, 0.25) is 0 Å². The number of rotatable bonds is 5. The fourth-order valence-electron chi connectivity index (χ4n) is 8.15. The predicted molar refractivity (Wildman–Crippen MR) is 213 cm³/mol. The van der Waals surface area contributed by atoms with Gasteiger partial charge in [0, 0.05) is 38.5 Å². The largest absolute Gasteiger partial charge is 0.309 e. The van der Waals surface area contributed by atoms with Crippen LogP contribution in [-0.2, 0) is 0 Å². The molecule has 236 valence electrons. The van der Waals surface area contributed by atoms with Gasteiger partial charge in [-0.15, -0.1) is 0 Å². The van der Waals surface area contributed by atoms with E-state index in [0.717, 1.165) is 5.69 Å². The van der Waals surface area contributed by atoms with Gasteiger partial charge in [0.15, 0.2) is 0 Å². The zero-order valence-electron chi connectivity index (χ0n) is 27.7. The van der Waals surface area contributed by atoms with Crippen molar-refractivity contribution in [1.29, 1.82) is 0 Å². The third-order valence-corrected chi connectivity index (χ3v) is 10.4. The van der Waals surface area contributed by atoms with Gasteiger partial charge in [0.2, 0.25) is 0 Å². The first-order valence-electron chi connectivity index (χ1n) is 17.2. The van der Waals surface area contributed by atoms with Crippen molar-refractivity contribution in [2.75, 3.05) is 0 Å². The van der Waals surface area contributed by atoms with Crippen molar-refractivity contribution in [2.45, 2.75) is 6.92 Å². The maximum Gasteiger partial charge on any atom is 0.0803 e. The second-order valence-electron chi connectivity index (χ2n) is 13.1. The molecule has 3 nitrogen and oxygen atoms in total. The van der Waals surface area contributed by atoms with Gasteiger partial charge in [-0.25, -0.2) is 0 Å². The summed E-state index contributed by atoms with van der Waals surface area (Å²) in [5.41, 5.74) is 15.6. The summed E-state index contributed by atoms with van der Waals surface area (Å²) in [5.74, 6) is 0. The Kier molecular flexibility index (Phi) is 6.24. The number of fused-ring (bicyclic) bond motifs is 10. The predicted octanol–water partition coefficient (Wildman–Crippen LogP) is 12.5. The number of para-hydroxylation sites is 4. The highest BCUT2D eigenvalue weighted by atomic mass is 15.0. The van der Waals surface area contributed by atoms with Crippen molar-refractivity contribution in [3.05, 3.63) is 182 Å². The quantitative estimate of drug-likeness (QED) is 0.166. The molecule has 0 spiro atoms. The Balaban J connectivity index is 1.24. The molecule has 4 aromatic heterocycles. The molecule has 4 heterocycles. The Labute approximate surface area is 289 Å². The first-order chi connectivity index (χ1) is 24.7. The van der Waals surface area contributed by atoms with Gasteiger partial charge in [-0.05, 0) is 90.3 Å². The van der Waals surface area contributed by atoms with Crippen molar-refractivity contribution in [3.8, 4) is 22.5 Å². The van der Waals surface area contributed by atoms with E-state index in [0.29, 0.717) is 0 Å². The summed E-state index contributed by atoms with van der Waals surface area (Å²) < 4.78 is 7.27.